The monoisotopic (exact) mass is 345 g/mol. The van der Waals surface area contributed by atoms with E-state index in [4.69, 9.17) is 0 Å². The number of aromatic amines is 1. The van der Waals surface area contributed by atoms with Crippen LogP contribution in [0.5, 0.6) is 0 Å². The standard InChI is InChI=1S/C15H12BrN3O2/c1-8-5-11-12(6-9(8)2)15(21)19(18-14(11)20)10-3-4-17-13(16)7-10/h3-7H,1-2H3,(H,18,20). The van der Waals surface area contributed by atoms with Gasteiger partial charge in [0.1, 0.15) is 4.60 Å². The largest absolute Gasteiger partial charge is 0.277 e. The summed E-state index contributed by atoms with van der Waals surface area (Å²) in [6.45, 7) is 3.84. The first-order chi connectivity index (χ1) is 9.97. The van der Waals surface area contributed by atoms with Crippen LogP contribution in [0.25, 0.3) is 16.5 Å². The van der Waals surface area contributed by atoms with Crippen molar-refractivity contribution < 1.29 is 0 Å². The highest BCUT2D eigenvalue weighted by atomic mass is 79.9. The van der Waals surface area contributed by atoms with Gasteiger partial charge in [-0.25, -0.2) is 9.67 Å². The Morgan fingerprint density at radius 1 is 1.10 bits per heavy atom. The maximum atomic E-state index is 12.6. The number of benzene rings is 1. The molecular weight excluding hydrogens is 334 g/mol. The first kappa shape index (κ1) is 13.8. The van der Waals surface area contributed by atoms with Crippen LogP contribution in [0.1, 0.15) is 11.1 Å². The molecule has 0 aliphatic rings. The Morgan fingerprint density at radius 2 is 1.76 bits per heavy atom. The second-order valence-electron chi connectivity index (χ2n) is 4.90. The summed E-state index contributed by atoms with van der Waals surface area (Å²) >= 11 is 3.25. The van der Waals surface area contributed by atoms with E-state index in [-0.39, 0.29) is 11.1 Å². The second kappa shape index (κ2) is 4.96. The van der Waals surface area contributed by atoms with Gasteiger partial charge in [-0.1, -0.05) is 0 Å². The highest BCUT2D eigenvalue weighted by Crippen LogP contribution is 2.15. The molecule has 1 N–H and O–H groups in total. The van der Waals surface area contributed by atoms with Gasteiger partial charge in [0, 0.05) is 6.20 Å². The van der Waals surface area contributed by atoms with Crippen molar-refractivity contribution in [3.05, 3.63) is 66.9 Å². The quantitative estimate of drug-likeness (QED) is 0.689. The van der Waals surface area contributed by atoms with E-state index < -0.39 is 0 Å². The number of halogens is 1. The van der Waals surface area contributed by atoms with Gasteiger partial charge in [-0.3, -0.25) is 14.7 Å². The molecule has 0 atom stereocenters. The summed E-state index contributed by atoms with van der Waals surface area (Å²) in [6, 6.07) is 6.84. The van der Waals surface area contributed by atoms with E-state index in [2.05, 4.69) is 26.0 Å². The summed E-state index contributed by atoms with van der Waals surface area (Å²) in [7, 11) is 0. The first-order valence-electron chi connectivity index (χ1n) is 6.35. The molecule has 2 aromatic heterocycles. The Balaban J connectivity index is 2.42. The van der Waals surface area contributed by atoms with E-state index in [1.165, 1.54) is 4.68 Å². The Labute approximate surface area is 128 Å². The molecule has 0 bridgehead atoms. The molecule has 0 amide bonds. The van der Waals surface area contributed by atoms with E-state index in [1.807, 2.05) is 13.8 Å². The smallest absolute Gasteiger partial charge is 0.267 e. The maximum absolute atomic E-state index is 12.6. The molecule has 0 fully saturated rings. The molecule has 3 rings (SSSR count). The molecule has 6 heteroatoms. The van der Waals surface area contributed by atoms with Crippen LogP contribution in [0, 0.1) is 13.8 Å². The van der Waals surface area contributed by atoms with Crippen molar-refractivity contribution in [2.75, 3.05) is 0 Å². The lowest BCUT2D eigenvalue weighted by Gasteiger charge is -2.08. The number of hydrogen-bond acceptors (Lipinski definition) is 3. The summed E-state index contributed by atoms with van der Waals surface area (Å²) in [4.78, 5) is 28.9. The van der Waals surface area contributed by atoms with Gasteiger partial charge in [0.05, 0.1) is 16.5 Å². The zero-order chi connectivity index (χ0) is 15.1. The topological polar surface area (TPSA) is 67.8 Å². The molecule has 0 radical (unpaired) electrons. The van der Waals surface area contributed by atoms with Crippen molar-refractivity contribution in [2.24, 2.45) is 0 Å². The second-order valence-corrected chi connectivity index (χ2v) is 5.71. The molecule has 2 heterocycles. The Kier molecular flexibility index (Phi) is 3.25. The third-order valence-corrected chi connectivity index (χ3v) is 3.93. The average molecular weight is 346 g/mol. The molecule has 21 heavy (non-hydrogen) atoms. The minimum absolute atomic E-state index is 0.259. The van der Waals surface area contributed by atoms with Gasteiger partial charge >= 0.3 is 0 Å². The SMILES string of the molecule is Cc1cc2c(=O)[nH]n(-c3ccnc(Br)c3)c(=O)c2cc1C. The number of rotatable bonds is 1. The summed E-state index contributed by atoms with van der Waals surface area (Å²) < 4.78 is 1.83. The molecule has 106 valence electrons. The fourth-order valence-corrected chi connectivity index (χ4v) is 2.58. The van der Waals surface area contributed by atoms with Crippen molar-refractivity contribution >= 4 is 26.7 Å². The van der Waals surface area contributed by atoms with Crippen molar-refractivity contribution in [2.45, 2.75) is 13.8 Å². The predicted molar refractivity (Wildman–Crippen MR) is 85.1 cm³/mol. The number of fused-ring (bicyclic) bond motifs is 1. The summed E-state index contributed by atoms with van der Waals surface area (Å²) in [6.07, 6.45) is 1.56. The lowest BCUT2D eigenvalue weighted by atomic mass is 10.1. The molecular formula is C15H12BrN3O2. The summed E-state index contributed by atoms with van der Waals surface area (Å²) in [5.41, 5.74) is 1.97. The minimum atomic E-state index is -0.291. The molecule has 0 spiro atoms. The van der Waals surface area contributed by atoms with Gasteiger partial charge in [-0.2, -0.15) is 0 Å². The third kappa shape index (κ3) is 2.31. The van der Waals surface area contributed by atoms with Crippen LogP contribution < -0.4 is 11.1 Å². The number of aromatic nitrogens is 3. The number of nitrogens with one attached hydrogen (secondary N) is 1. The van der Waals surface area contributed by atoms with Crippen LogP contribution in [0.4, 0.5) is 0 Å². The number of nitrogens with zero attached hydrogens (tertiary/aromatic N) is 2. The average Bonchev–Trinajstić information content (AvgIpc) is 2.45. The lowest BCUT2D eigenvalue weighted by molar-refractivity contribution is 0.799. The van der Waals surface area contributed by atoms with Crippen molar-refractivity contribution in [1.29, 1.82) is 0 Å². The third-order valence-electron chi connectivity index (χ3n) is 3.49. The van der Waals surface area contributed by atoms with Crippen molar-refractivity contribution in [3.63, 3.8) is 0 Å². The Morgan fingerprint density at radius 3 is 2.43 bits per heavy atom. The van der Waals surface area contributed by atoms with Crippen LogP contribution in [0.3, 0.4) is 0 Å². The van der Waals surface area contributed by atoms with Crippen molar-refractivity contribution in [1.82, 2.24) is 14.8 Å². The molecule has 0 aliphatic heterocycles. The van der Waals surface area contributed by atoms with Crippen molar-refractivity contribution in [3.8, 4) is 5.69 Å². The molecule has 5 nitrogen and oxygen atoms in total. The molecule has 0 aliphatic carbocycles. The first-order valence-corrected chi connectivity index (χ1v) is 7.15. The van der Waals surface area contributed by atoms with E-state index >= 15 is 0 Å². The zero-order valence-corrected chi connectivity index (χ0v) is 13.1. The molecule has 3 aromatic rings. The van der Waals surface area contributed by atoms with Gasteiger partial charge in [-0.15, -0.1) is 0 Å². The van der Waals surface area contributed by atoms with E-state index in [9.17, 15) is 9.59 Å². The van der Waals surface area contributed by atoms with E-state index in [1.54, 1.807) is 30.5 Å². The van der Waals surface area contributed by atoms with Gasteiger partial charge in [0.15, 0.2) is 0 Å². The fraction of sp³-hybridized carbons (Fsp3) is 0.133. The molecule has 0 unspecified atom stereocenters. The molecule has 0 saturated heterocycles. The van der Waals surface area contributed by atoms with Gasteiger partial charge in [0.2, 0.25) is 0 Å². The Hall–Kier alpha value is -2.21. The molecule has 0 saturated carbocycles. The zero-order valence-electron chi connectivity index (χ0n) is 11.5. The minimum Gasteiger partial charge on any atom is -0.267 e. The van der Waals surface area contributed by atoms with Crippen LogP contribution in [-0.4, -0.2) is 14.8 Å². The number of hydrogen-bond donors (Lipinski definition) is 1. The number of pyridine rings is 1. The highest BCUT2D eigenvalue weighted by Gasteiger charge is 2.10. The normalized spacial score (nSPS) is 11.0. The lowest BCUT2D eigenvalue weighted by Crippen LogP contribution is -2.28. The summed E-state index contributed by atoms with van der Waals surface area (Å²) in [5.74, 6) is 0. The van der Waals surface area contributed by atoms with E-state index in [0.29, 0.717) is 21.1 Å². The van der Waals surface area contributed by atoms with Crippen LogP contribution in [0.2, 0.25) is 0 Å². The van der Waals surface area contributed by atoms with Crippen LogP contribution in [-0.2, 0) is 0 Å². The van der Waals surface area contributed by atoms with Gasteiger partial charge in [-0.05, 0) is 65.2 Å². The van der Waals surface area contributed by atoms with Gasteiger partial charge in [0.25, 0.3) is 11.1 Å². The molecule has 1 aromatic carbocycles. The summed E-state index contributed by atoms with van der Waals surface area (Å²) in [5, 5.41) is 3.43. The van der Waals surface area contributed by atoms with Crippen LogP contribution in [0.15, 0.2) is 44.7 Å². The highest BCUT2D eigenvalue weighted by molar-refractivity contribution is 9.10. The number of aryl methyl sites for hydroxylation is 2. The fourth-order valence-electron chi connectivity index (χ4n) is 2.23. The van der Waals surface area contributed by atoms with E-state index in [0.717, 1.165) is 11.1 Å². The van der Waals surface area contributed by atoms with Crippen LogP contribution >= 0.6 is 15.9 Å². The predicted octanol–water partition coefficient (Wildman–Crippen LogP) is 2.45. The number of H-pyrrole nitrogens is 1. The Bertz CT molecular complexity index is 973. The van der Waals surface area contributed by atoms with Gasteiger partial charge < -0.3 is 0 Å². The maximum Gasteiger partial charge on any atom is 0.277 e.